The smallest absolute Gasteiger partial charge is 0.336 e. The lowest BCUT2D eigenvalue weighted by molar-refractivity contribution is 0.0679. The van der Waals surface area contributed by atoms with Crippen LogP contribution in [0.4, 0.5) is 8.78 Å². The van der Waals surface area contributed by atoms with Gasteiger partial charge in [0.25, 0.3) is 5.91 Å². The number of aromatic carboxylic acids is 1. The van der Waals surface area contributed by atoms with E-state index < -0.39 is 29.1 Å². The Kier molecular flexibility index (Phi) is 5.15. The topological polar surface area (TPSA) is 60.9 Å². The average molecular weight is 286 g/mol. The molecule has 0 fully saturated rings. The highest BCUT2D eigenvalue weighted by Crippen LogP contribution is 2.17. The molecule has 0 aliphatic heterocycles. The third kappa shape index (κ3) is 3.74. The summed E-state index contributed by atoms with van der Waals surface area (Å²) in [6.07, 6.45) is 0. The highest BCUT2D eigenvalue weighted by molar-refractivity contribution is 6.04. The van der Waals surface area contributed by atoms with Gasteiger partial charge in [-0.1, -0.05) is 0 Å². The van der Waals surface area contributed by atoms with Crippen LogP contribution >= 0.6 is 0 Å². The number of rotatable bonds is 5. The van der Waals surface area contributed by atoms with Crippen molar-refractivity contribution in [3.8, 4) is 0 Å². The van der Waals surface area contributed by atoms with Crippen LogP contribution in [-0.2, 0) is 0 Å². The second-order valence-electron chi connectivity index (χ2n) is 4.65. The van der Waals surface area contributed by atoms with E-state index in [0.717, 1.165) is 0 Å². The monoisotopic (exact) mass is 286 g/mol. The number of amides is 1. The summed E-state index contributed by atoms with van der Waals surface area (Å²) in [6.45, 7) is 0.901. The molecule has 0 unspecified atom stereocenters. The molecule has 20 heavy (non-hydrogen) atoms. The Morgan fingerprint density at radius 2 is 1.55 bits per heavy atom. The van der Waals surface area contributed by atoms with Crippen LogP contribution in [0.2, 0.25) is 0 Å². The van der Waals surface area contributed by atoms with E-state index in [1.165, 1.54) is 11.9 Å². The second kappa shape index (κ2) is 6.42. The Morgan fingerprint density at radius 1 is 1.05 bits per heavy atom. The summed E-state index contributed by atoms with van der Waals surface area (Å²) in [4.78, 5) is 26.2. The van der Waals surface area contributed by atoms with Crippen molar-refractivity contribution in [1.29, 1.82) is 0 Å². The molecule has 0 aromatic heterocycles. The SMILES string of the molecule is CN(C)CCN(C)C(=O)c1cc(F)c(F)cc1C(=O)O. The minimum Gasteiger partial charge on any atom is -0.478 e. The molecule has 1 amide bonds. The number of hydrogen-bond donors (Lipinski definition) is 1. The fraction of sp³-hybridized carbons (Fsp3) is 0.385. The molecule has 1 N–H and O–H groups in total. The maximum Gasteiger partial charge on any atom is 0.336 e. The van der Waals surface area contributed by atoms with Gasteiger partial charge in [-0.05, 0) is 26.2 Å². The first-order valence-corrected chi connectivity index (χ1v) is 5.86. The van der Waals surface area contributed by atoms with Gasteiger partial charge in [-0.2, -0.15) is 0 Å². The average Bonchev–Trinajstić information content (AvgIpc) is 2.37. The number of carboxylic acids is 1. The lowest BCUT2D eigenvalue weighted by atomic mass is 10.1. The number of likely N-dealkylation sites (N-methyl/N-ethyl adjacent to an activating group) is 2. The summed E-state index contributed by atoms with van der Waals surface area (Å²) in [5, 5.41) is 8.96. The molecule has 7 heteroatoms. The molecule has 5 nitrogen and oxygen atoms in total. The lowest BCUT2D eigenvalue weighted by Crippen LogP contribution is -2.34. The normalized spacial score (nSPS) is 10.7. The van der Waals surface area contributed by atoms with E-state index in [-0.39, 0.29) is 5.56 Å². The zero-order valence-electron chi connectivity index (χ0n) is 11.5. The summed E-state index contributed by atoms with van der Waals surface area (Å²) in [5.74, 6) is -4.69. The molecular weight excluding hydrogens is 270 g/mol. The number of halogens is 2. The molecule has 1 rings (SSSR count). The maximum atomic E-state index is 13.2. The molecule has 1 aromatic rings. The number of carbonyl (C=O) groups is 2. The summed E-state index contributed by atoms with van der Waals surface area (Å²) in [5.41, 5.74) is -0.914. The molecule has 110 valence electrons. The van der Waals surface area contributed by atoms with Gasteiger partial charge in [0.05, 0.1) is 11.1 Å². The number of carboxylic acid groups (broad SMARTS) is 1. The third-order valence-electron chi connectivity index (χ3n) is 2.75. The van der Waals surface area contributed by atoms with Gasteiger partial charge in [-0.25, -0.2) is 13.6 Å². The number of hydrogen-bond acceptors (Lipinski definition) is 3. The Balaban J connectivity index is 3.08. The summed E-state index contributed by atoms with van der Waals surface area (Å²) < 4.78 is 26.3. The van der Waals surface area contributed by atoms with E-state index in [4.69, 9.17) is 5.11 Å². The molecule has 0 bridgehead atoms. The van der Waals surface area contributed by atoms with Gasteiger partial charge in [-0.15, -0.1) is 0 Å². The molecule has 0 aliphatic carbocycles. The van der Waals surface area contributed by atoms with E-state index in [0.29, 0.717) is 25.2 Å². The predicted molar refractivity (Wildman–Crippen MR) is 68.8 cm³/mol. The number of benzene rings is 1. The van der Waals surface area contributed by atoms with Crippen molar-refractivity contribution in [1.82, 2.24) is 9.80 Å². The molecule has 0 saturated carbocycles. The Morgan fingerprint density at radius 3 is 2.00 bits per heavy atom. The minimum absolute atomic E-state index is 0.337. The van der Waals surface area contributed by atoms with Crippen molar-refractivity contribution in [3.05, 3.63) is 34.9 Å². The molecule has 0 saturated heterocycles. The summed E-state index contributed by atoms with van der Waals surface area (Å²) >= 11 is 0. The molecule has 0 heterocycles. The van der Waals surface area contributed by atoms with Crippen molar-refractivity contribution in [3.63, 3.8) is 0 Å². The van der Waals surface area contributed by atoms with Crippen molar-refractivity contribution in [2.45, 2.75) is 0 Å². The van der Waals surface area contributed by atoms with Crippen LogP contribution in [0.15, 0.2) is 12.1 Å². The predicted octanol–water partition coefficient (Wildman–Crippen LogP) is 1.30. The third-order valence-corrected chi connectivity index (χ3v) is 2.75. The van der Waals surface area contributed by atoms with Crippen LogP contribution in [0.3, 0.4) is 0 Å². The number of carbonyl (C=O) groups excluding carboxylic acids is 1. The van der Waals surface area contributed by atoms with Gasteiger partial charge < -0.3 is 14.9 Å². The van der Waals surface area contributed by atoms with Crippen LogP contribution in [0, 0.1) is 11.6 Å². The van der Waals surface area contributed by atoms with Gasteiger partial charge in [0.15, 0.2) is 11.6 Å². The van der Waals surface area contributed by atoms with E-state index in [1.807, 2.05) is 19.0 Å². The molecule has 0 aliphatic rings. The Bertz CT molecular complexity index is 533. The maximum absolute atomic E-state index is 13.2. The van der Waals surface area contributed by atoms with Crippen molar-refractivity contribution in [2.75, 3.05) is 34.2 Å². The molecule has 1 aromatic carbocycles. The zero-order valence-corrected chi connectivity index (χ0v) is 11.5. The fourth-order valence-corrected chi connectivity index (χ4v) is 1.56. The van der Waals surface area contributed by atoms with E-state index in [2.05, 4.69) is 0 Å². The van der Waals surface area contributed by atoms with Crippen molar-refractivity contribution < 1.29 is 23.5 Å². The fourth-order valence-electron chi connectivity index (χ4n) is 1.56. The van der Waals surface area contributed by atoms with E-state index in [1.54, 1.807) is 0 Å². The zero-order chi connectivity index (χ0) is 15.4. The summed E-state index contributed by atoms with van der Waals surface area (Å²) in [6, 6.07) is 1.14. The minimum atomic E-state index is -1.48. The van der Waals surface area contributed by atoms with E-state index >= 15 is 0 Å². The van der Waals surface area contributed by atoms with Crippen LogP contribution in [0.1, 0.15) is 20.7 Å². The standard InChI is InChI=1S/C13H16F2N2O3/c1-16(2)4-5-17(3)12(18)8-6-10(14)11(15)7-9(8)13(19)20/h6-7H,4-5H2,1-3H3,(H,19,20). The first kappa shape index (κ1) is 16.0. The highest BCUT2D eigenvalue weighted by Gasteiger charge is 2.22. The van der Waals surface area contributed by atoms with Crippen LogP contribution in [0.5, 0.6) is 0 Å². The van der Waals surface area contributed by atoms with Gasteiger partial charge in [-0.3, -0.25) is 4.79 Å². The second-order valence-corrected chi connectivity index (χ2v) is 4.65. The molecular formula is C13H16F2N2O3. The van der Waals surface area contributed by atoms with Crippen LogP contribution < -0.4 is 0 Å². The first-order valence-electron chi connectivity index (χ1n) is 5.86. The largest absolute Gasteiger partial charge is 0.478 e. The van der Waals surface area contributed by atoms with Crippen molar-refractivity contribution >= 4 is 11.9 Å². The molecule has 0 atom stereocenters. The van der Waals surface area contributed by atoms with Crippen LogP contribution in [-0.4, -0.2) is 61.0 Å². The molecule has 0 radical (unpaired) electrons. The van der Waals surface area contributed by atoms with Crippen LogP contribution in [0.25, 0.3) is 0 Å². The first-order chi connectivity index (χ1) is 9.23. The Hall–Kier alpha value is -2.02. The Labute approximate surface area is 115 Å². The van der Waals surface area contributed by atoms with Crippen molar-refractivity contribution in [2.24, 2.45) is 0 Å². The van der Waals surface area contributed by atoms with E-state index in [9.17, 15) is 18.4 Å². The summed E-state index contributed by atoms with van der Waals surface area (Å²) in [7, 11) is 5.11. The number of nitrogens with zero attached hydrogens (tertiary/aromatic N) is 2. The molecule has 0 spiro atoms. The quantitative estimate of drug-likeness (QED) is 0.886. The highest BCUT2D eigenvalue weighted by atomic mass is 19.2. The lowest BCUT2D eigenvalue weighted by Gasteiger charge is -2.20. The van der Waals surface area contributed by atoms with Gasteiger partial charge in [0.1, 0.15) is 0 Å². The van der Waals surface area contributed by atoms with Gasteiger partial charge in [0.2, 0.25) is 0 Å². The van der Waals surface area contributed by atoms with Gasteiger partial charge >= 0.3 is 5.97 Å². The van der Waals surface area contributed by atoms with Gasteiger partial charge in [0, 0.05) is 20.1 Å².